The minimum Gasteiger partial charge on any atom is -0.282 e. The molecule has 0 atom stereocenters. The monoisotopic (exact) mass is 258 g/mol. The first-order valence-electron chi connectivity index (χ1n) is 4.04. The molecule has 84 valence electrons. The lowest BCUT2D eigenvalue weighted by atomic mass is 10.3. The number of benzene rings is 1. The molecule has 2 aromatic rings. The van der Waals surface area contributed by atoms with Crippen LogP contribution in [0.4, 0.5) is 0 Å². The first-order chi connectivity index (χ1) is 7.48. The van der Waals surface area contributed by atoms with Gasteiger partial charge in [0.15, 0.2) is 0 Å². The Morgan fingerprint density at radius 1 is 1.31 bits per heavy atom. The Balaban J connectivity index is 2.66. The number of hydrogen-bond acceptors (Lipinski definition) is 6. The first-order valence-corrected chi connectivity index (χ1v) is 5.93. The van der Waals surface area contributed by atoms with E-state index in [1.807, 2.05) is 0 Å². The second-order valence-electron chi connectivity index (χ2n) is 2.82. The summed E-state index contributed by atoms with van der Waals surface area (Å²) in [7, 11) is -4.33. The molecule has 0 aliphatic rings. The number of thiol groups is 1. The van der Waals surface area contributed by atoms with E-state index in [0.717, 1.165) is 4.80 Å². The van der Waals surface area contributed by atoms with Crippen molar-refractivity contribution >= 4 is 22.7 Å². The van der Waals surface area contributed by atoms with Crippen molar-refractivity contribution in [3.8, 4) is 5.69 Å². The molecule has 0 spiro atoms. The normalized spacial score (nSPS) is 11.6. The molecule has 0 bridgehead atoms. The smallest absolute Gasteiger partial charge is 0.282 e. The van der Waals surface area contributed by atoms with Gasteiger partial charge in [-0.05, 0) is 17.3 Å². The van der Waals surface area contributed by atoms with Crippen LogP contribution in [0.3, 0.4) is 0 Å². The van der Waals surface area contributed by atoms with Gasteiger partial charge in [-0.3, -0.25) is 4.55 Å². The van der Waals surface area contributed by atoms with E-state index in [0.29, 0.717) is 0 Å². The predicted octanol–water partition coefficient (Wildman–Crippen LogP) is 0.198. The van der Waals surface area contributed by atoms with Gasteiger partial charge in [-0.25, -0.2) is 0 Å². The minimum absolute atomic E-state index is 0.102. The van der Waals surface area contributed by atoms with Gasteiger partial charge in [-0.2, -0.15) is 8.42 Å². The SMILES string of the molecule is O=S(=O)(O)c1ccccc1-n1nnc(S)n1. The van der Waals surface area contributed by atoms with Crippen LogP contribution >= 0.6 is 12.6 Å². The van der Waals surface area contributed by atoms with Crippen molar-refractivity contribution in [3.05, 3.63) is 24.3 Å². The van der Waals surface area contributed by atoms with Crippen LogP contribution in [-0.2, 0) is 10.1 Å². The zero-order valence-electron chi connectivity index (χ0n) is 7.72. The largest absolute Gasteiger partial charge is 0.296 e. The number of nitrogens with zero attached hydrogens (tertiary/aromatic N) is 4. The van der Waals surface area contributed by atoms with Crippen LogP contribution in [0.5, 0.6) is 0 Å². The van der Waals surface area contributed by atoms with Crippen LogP contribution in [0.15, 0.2) is 34.3 Å². The van der Waals surface area contributed by atoms with E-state index in [4.69, 9.17) is 4.55 Å². The molecule has 9 heteroatoms. The van der Waals surface area contributed by atoms with Crippen molar-refractivity contribution in [2.45, 2.75) is 10.1 Å². The van der Waals surface area contributed by atoms with Crippen molar-refractivity contribution in [1.82, 2.24) is 20.2 Å². The highest BCUT2D eigenvalue weighted by molar-refractivity contribution is 7.86. The molecular formula is C7H6N4O3S2. The molecule has 1 aromatic carbocycles. The molecule has 1 aromatic heterocycles. The van der Waals surface area contributed by atoms with E-state index >= 15 is 0 Å². The zero-order valence-corrected chi connectivity index (χ0v) is 9.43. The van der Waals surface area contributed by atoms with Crippen molar-refractivity contribution in [3.63, 3.8) is 0 Å². The van der Waals surface area contributed by atoms with Gasteiger partial charge in [-0.15, -0.1) is 15.0 Å². The summed E-state index contributed by atoms with van der Waals surface area (Å²) in [5.74, 6) is 0. The van der Waals surface area contributed by atoms with Gasteiger partial charge >= 0.3 is 0 Å². The van der Waals surface area contributed by atoms with E-state index in [1.165, 1.54) is 18.2 Å². The van der Waals surface area contributed by atoms with Crippen molar-refractivity contribution < 1.29 is 13.0 Å². The number of para-hydroxylation sites is 1. The fourth-order valence-electron chi connectivity index (χ4n) is 1.15. The zero-order chi connectivity index (χ0) is 11.8. The Morgan fingerprint density at radius 2 is 2.00 bits per heavy atom. The maximum atomic E-state index is 11.1. The number of tetrazole rings is 1. The maximum Gasteiger partial charge on any atom is 0.296 e. The maximum absolute atomic E-state index is 11.1. The Kier molecular flexibility index (Phi) is 2.66. The van der Waals surface area contributed by atoms with Crippen LogP contribution in [0.1, 0.15) is 0 Å². The van der Waals surface area contributed by atoms with Gasteiger partial charge in [0, 0.05) is 0 Å². The van der Waals surface area contributed by atoms with E-state index in [1.54, 1.807) is 6.07 Å². The average Bonchev–Trinajstić information content (AvgIpc) is 2.64. The number of aromatic nitrogens is 4. The lowest BCUT2D eigenvalue weighted by molar-refractivity contribution is 0.481. The molecule has 0 saturated heterocycles. The molecule has 0 radical (unpaired) electrons. The third kappa shape index (κ3) is 2.05. The van der Waals surface area contributed by atoms with E-state index in [9.17, 15) is 8.42 Å². The first kappa shape index (κ1) is 11.0. The molecular weight excluding hydrogens is 252 g/mol. The summed E-state index contributed by atoms with van der Waals surface area (Å²) in [5.41, 5.74) is 0.109. The minimum atomic E-state index is -4.33. The third-order valence-electron chi connectivity index (χ3n) is 1.76. The van der Waals surface area contributed by atoms with Crippen LogP contribution < -0.4 is 0 Å². The van der Waals surface area contributed by atoms with Crippen molar-refractivity contribution in [2.75, 3.05) is 0 Å². The lowest BCUT2D eigenvalue weighted by Crippen LogP contribution is -2.07. The van der Waals surface area contributed by atoms with Crippen LogP contribution in [-0.4, -0.2) is 33.2 Å². The van der Waals surface area contributed by atoms with Crippen molar-refractivity contribution in [2.24, 2.45) is 0 Å². The molecule has 2 rings (SSSR count). The molecule has 16 heavy (non-hydrogen) atoms. The summed E-state index contributed by atoms with van der Waals surface area (Å²) >= 11 is 3.84. The van der Waals surface area contributed by atoms with Gasteiger partial charge in [0.1, 0.15) is 10.6 Å². The summed E-state index contributed by atoms with van der Waals surface area (Å²) in [6.45, 7) is 0. The Hall–Kier alpha value is -1.45. The fourth-order valence-corrected chi connectivity index (χ4v) is 1.94. The van der Waals surface area contributed by atoms with Gasteiger partial charge in [-0.1, -0.05) is 24.8 Å². The lowest BCUT2D eigenvalue weighted by Gasteiger charge is -2.03. The Bertz CT molecular complexity index is 622. The van der Waals surface area contributed by atoms with E-state index < -0.39 is 10.1 Å². The van der Waals surface area contributed by atoms with Crippen molar-refractivity contribution in [1.29, 1.82) is 0 Å². The van der Waals surface area contributed by atoms with Gasteiger partial charge in [0.25, 0.3) is 10.1 Å². The highest BCUT2D eigenvalue weighted by Gasteiger charge is 2.17. The summed E-state index contributed by atoms with van der Waals surface area (Å²) in [6.07, 6.45) is 0. The van der Waals surface area contributed by atoms with Gasteiger partial charge < -0.3 is 0 Å². The molecule has 1 N–H and O–H groups in total. The summed E-state index contributed by atoms with van der Waals surface area (Å²) in [4.78, 5) is 0.687. The predicted molar refractivity (Wildman–Crippen MR) is 56.2 cm³/mol. The highest BCUT2D eigenvalue weighted by atomic mass is 32.2. The Labute approximate surface area is 96.3 Å². The van der Waals surface area contributed by atoms with E-state index in [-0.39, 0.29) is 15.7 Å². The van der Waals surface area contributed by atoms with E-state index in [2.05, 4.69) is 28.0 Å². The quantitative estimate of drug-likeness (QED) is 0.589. The molecule has 0 unspecified atom stereocenters. The molecule has 0 aliphatic heterocycles. The fraction of sp³-hybridized carbons (Fsp3) is 0. The average molecular weight is 258 g/mol. The van der Waals surface area contributed by atoms with Crippen LogP contribution in [0, 0.1) is 0 Å². The third-order valence-corrected chi connectivity index (χ3v) is 2.84. The molecule has 0 amide bonds. The Morgan fingerprint density at radius 3 is 2.56 bits per heavy atom. The summed E-state index contributed by atoms with van der Waals surface area (Å²) in [5, 5.41) is 10.9. The molecule has 7 nitrogen and oxygen atoms in total. The van der Waals surface area contributed by atoms with Crippen LogP contribution in [0.2, 0.25) is 0 Å². The molecule has 1 heterocycles. The number of rotatable bonds is 2. The molecule has 0 fully saturated rings. The van der Waals surface area contributed by atoms with Gasteiger partial charge in [0.05, 0.1) is 0 Å². The summed E-state index contributed by atoms with van der Waals surface area (Å²) in [6, 6.07) is 5.75. The molecule has 0 aliphatic carbocycles. The van der Waals surface area contributed by atoms with Gasteiger partial charge in [0.2, 0.25) is 5.16 Å². The summed E-state index contributed by atoms with van der Waals surface area (Å²) < 4.78 is 31.2. The second-order valence-corrected chi connectivity index (χ2v) is 4.61. The highest BCUT2D eigenvalue weighted by Crippen LogP contribution is 2.17. The second kappa shape index (κ2) is 3.85. The molecule has 0 saturated carbocycles. The topological polar surface area (TPSA) is 98.0 Å². The number of hydrogen-bond donors (Lipinski definition) is 2. The standard InChI is InChI=1S/C7H6N4O3S2/c12-16(13,14)6-4-2-1-3-5(6)11-9-7(15)8-10-11/h1-4H,(H,9,15)(H,12,13,14). The van der Waals surface area contributed by atoms with Crippen LogP contribution in [0.25, 0.3) is 5.69 Å².